The number of amides is 2. The summed E-state index contributed by atoms with van der Waals surface area (Å²) in [5.41, 5.74) is 1.23. The van der Waals surface area contributed by atoms with Crippen LogP contribution in [0.5, 0.6) is 0 Å². The van der Waals surface area contributed by atoms with E-state index in [2.05, 4.69) is 16.0 Å². The number of hydrogen-bond acceptors (Lipinski definition) is 4. The van der Waals surface area contributed by atoms with Crippen LogP contribution in [0.3, 0.4) is 0 Å². The van der Waals surface area contributed by atoms with Gasteiger partial charge in [-0.15, -0.1) is 0 Å². The van der Waals surface area contributed by atoms with Crippen molar-refractivity contribution in [3.63, 3.8) is 0 Å². The van der Waals surface area contributed by atoms with E-state index in [0.29, 0.717) is 11.4 Å². The van der Waals surface area contributed by atoms with Crippen LogP contribution in [0, 0.1) is 5.92 Å². The molecule has 1 heterocycles. The maximum Gasteiger partial charge on any atom is 0.291 e. The molecule has 3 N–H and O–H groups in total. The van der Waals surface area contributed by atoms with E-state index in [1.807, 2.05) is 0 Å². The number of hydrogen-bond donors (Lipinski definition) is 3. The second kappa shape index (κ2) is 7.55. The van der Waals surface area contributed by atoms with Crippen LogP contribution in [-0.2, 0) is 4.79 Å². The Morgan fingerprint density at radius 3 is 2.39 bits per heavy atom. The Kier molecular flexibility index (Phi) is 5.48. The molecule has 6 nitrogen and oxygen atoms in total. The smallest absolute Gasteiger partial charge is 0.291 e. The normalized spacial score (nSPS) is 10.2. The maximum atomic E-state index is 11.9. The molecule has 120 valence electrons. The minimum Gasteiger partial charge on any atom is -0.459 e. The molecule has 1 aromatic carbocycles. The minimum absolute atomic E-state index is 0.159. The van der Waals surface area contributed by atoms with E-state index < -0.39 is 0 Å². The Balaban J connectivity index is 1.98. The van der Waals surface area contributed by atoms with Crippen LogP contribution in [0.25, 0.3) is 0 Å². The Morgan fingerprint density at radius 2 is 1.78 bits per heavy atom. The third kappa shape index (κ3) is 4.93. The number of thiocarbonyl (C=S) groups is 1. The molecular formula is C16H17N3O3S. The Labute approximate surface area is 139 Å². The van der Waals surface area contributed by atoms with Crippen molar-refractivity contribution in [1.29, 1.82) is 0 Å². The molecule has 2 rings (SSSR count). The number of nitrogens with one attached hydrogen (secondary N) is 3. The molecule has 0 saturated heterocycles. The van der Waals surface area contributed by atoms with E-state index in [0.717, 1.165) is 0 Å². The third-order valence-electron chi connectivity index (χ3n) is 2.88. The summed E-state index contributed by atoms with van der Waals surface area (Å²) >= 11 is 5.08. The molecule has 0 aliphatic rings. The van der Waals surface area contributed by atoms with Crippen molar-refractivity contribution in [2.45, 2.75) is 13.8 Å². The van der Waals surface area contributed by atoms with E-state index >= 15 is 0 Å². The molecule has 2 aromatic rings. The van der Waals surface area contributed by atoms with Gasteiger partial charge in [-0.2, -0.15) is 0 Å². The molecule has 0 saturated carbocycles. The van der Waals surface area contributed by atoms with Gasteiger partial charge in [0.2, 0.25) is 5.91 Å². The number of carbonyl (C=O) groups is 2. The summed E-state index contributed by atoms with van der Waals surface area (Å²) in [4.78, 5) is 23.5. The highest BCUT2D eigenvalue weighted by Crippen LogP contribution is 2.16. The number of carbonyl (C=O) groups excluding carboxylic acids is 2. The maximum absolute atomic E-state index is 11.9. The van der Waals surface area contributed by atoms with Gasteiger partial charge in [-0.25, -0.2) is 0 Å². The molecule has 0 fully saturated rings. The lowest BCUT2D eigenvalue weighted by Gasteiger charge is -2.12. The first-order chi connectivity index (χ1) is 11.0. The molecule has 7 heteroatoms. The van der Waals surface area contributed by atoms with Crippen molar-refractivity contribution < 1.29 is 14.0 Å². The summed E-state index contributed by atoms with van der Waals surface area (Å²) in [6, 6.07) is 10.2. The van der Waals surface area contributed by atoms with Gasteiger partial charge in [0.15, 0.2) is 10.9 Å². The largest absolute Gasteiger partial charge is 0.459 e. The van der Waals surface area contributed by atoms with Crippen molar-refractivity contribution in [2.24, 2.45) is 5.92 Å². The van der Waals surface area contributed by atoms with Crippen LogP contribution in [0.2, 0.25) is 0 Å². The quantitative estimate of drug-likeness (QED) is 0.750. The summed E-state index contributed by atoms with van der Waals surface area (Å²) in [5.74, 6) is -0.440. The van der Waals surface area contributed by atoms with Crippen LogP contribution in [0.15, 0.2) is 47.1 Å². The number of benzene rings is 1. The van der Waals surface area contributed by atoms with E-state index in [1.165, 1.54) is 6.26 Å². The summed E-state index contributed by atoms with van der Waals surface area (Å²) in [5, 5.41) is 8.41. The first-order valence-corrected chi connectivity index (χ1v) is 7.43. The minimum atomic E-state index is -0.345. The molecule has 0 unspecified atom stereocenters. The Morgan fingerprint density at radius 1 is 1.09 bits per heavy atom. The molecule has 0 aliphatic carbocycles. The lowest BCUT2D eigenvalue weighted by Crippen LogP contribution is -2.36. The van der Waals surface area contributed by atoms with E-state index in [9.17, 15) is 9.59 Å². The lowest BCUT2D eigenvalue weighted by atomic mass is 10.2. The van der Waals surface area contributed by atoms with Crippen molar-refractivity contribution in [3.8, 4) is 0 Å². The van der Waals surface area contributed by atoms with Crippen LogP contribution < -0.4 is 16.0 Å². The first-order valence-electron chi connectivity index (χ1n) is 7.02. The Bertz CT molecular complexity index is 711. The average molecular weight is 331 g/mol. The molecule has 0 aliphatic heterocycles. The van der Waals surface area contributed by atoms with Gasteiger partial charge in [0.25, 0.3) is 5.91 Å². The van der Waals surface area contributed by atoms with Gasteiger partial charge in [-0.05, 0) is 42.5 Å². The molecule has 1 aromatic heterocycles. The van der Waals surface area contributed by atoms with Gasteiger partial charge < -0.3 is 20.4 Å². The summed E-state index contributed by atoms with van der Waals surface area (Å²) in [6.07, 6.45) is 1.43. The summed E-state index contributed by atoms with van der Waals surface area (Å²) in [6.45, 7) is 3.56. The van der Waals surface area contributed by atoms with Crippen LogP contribution >= 0.6 is 12.2 Å². The SMILES string of the molecule is CC(C)C(=O)NC(=S)Nc1cccc(NC(=O)c2ccco2)c1. The topological polar surface area (TPSA) is 83.4 Å². The van der Waals surface area contributed by atoms with E-state index in [1.54, 1.807) is 50.2 Å². The van der Waals surface area contributed by atoms with Gasteiger partial charge in [-0.1, -0.05) is 19.9 Å². The molecule has 2 amide bonds. The highest BCUT2D eigenvalue weighted by molar-refractivity contribution is 7.80. The fraction of sp³-hybridized carbons (Fsp3) is 0.188. The van der Waals surface area contributed by atoms with Crippen molar-refractivity contribution in [3.05, 3.63) is 48.4 Å². The second-order valence-corrected chi connectivity index (χ2v) is 5.52. The Hall–Kier alpha value is -2.67. The van der Waals surface area contributed by atoms with Crippen molar-refractivity contribution in [2.75, 3.05) is 10.6 Å². The molecule has 0 radical (unpaired) electrons. The zero-order valence-electron chi connectivity index (χ0n) is 12.8. The van der Waals surface area contributed by atoms with Crippen molar-refractivity contribution in [1.82, 2.24) is 5.32 Å². The highest BCUT2D eigenvalue weighted by atomic mass is 32.1. The van der Waals surface area contributed by atoms with Gasteiger partial charge >= 0.3 is 0 Å². The monoisotopic (exact) mass is 331 g/mol. The van der Waals surface area contributed by atoms with Gasteiger partial charge in [0.1, 0.15) is 0 Å². The molecule has 23 heavy (non-hydrogen) atoms. The number of anilines is 2. The van der Waals surface area contributed by atoms with Gasteiger partial charge in [-0.3, -0.25) is 9.59 Å². The van der Waals surface area contributed by atoms with Crippen LogP contribution in [0.4, 0.5) is 11.4 Å². The summed E-state index contributed by atoms with van der Waals surface area (Å²) in [7, 11) is 0. The molecule has 0 atom stereocenters. The fourth-order valence-electron chi connectivity index (χ4n) is 1.69. The highest BCUT2D eigenvalue weighted by Gasteiger charge is 2.10. The van der Waals surface area contributed by atoms with Gasteiger partial charge in [0.05, 0.1) is 6.26 Å². The number of rotatable bonds is 4. The molecular weight excluding hydrogens is 314 g/mol. The average Bonchev–Trinajstić information content (AvgIpc) is 3.01. The zero-order valence-corrected chi connectivity index (χ0v) is 13.6. The van der Waals surface area contributed by atoms with Crippen molar-refractivity contribution >= 4 is 40.5 Å². The molecule has 0 spiro atoms. The predicted octanol–water partition coefficient (Wildman–Crippen LogP) is 3.00. The standard InChI is InChI=1S/C16H17N3O3S/c1-10(2)14(20)19-16(23)18-12-6-3-5-11(9-12)17-15(21)13-7-4-8-22-13/h3-10H,1-2H3,(H,17,21)(H2,18,19,20,23). The summed E-state index contributed by atoms with van der Waals surface area (Å²) < 4.78 is 5.03. The predicted molar refractivity (Wildman–Crippen MR) is 92.3 cm³/mol. The third-order valence-corrected chi connectivity index (χ3v) is 3.09. The second-order valence-electron chi connectivity index (χ2n) is 5.11. The van der Waals surface area contributed by atoms with E-state index in [-0.39, 0.29) is 28.6 Å². The zero-order chi connectivity index (χ0) is 16.8. The van der Waals surface area contributed by atoms with E-state index in [4.69, 9.17) is 16.6 Å². The fourth-order valence-corrected chi connectivity index (χ4v) is 1.91. The number of furan rings is 1. The van der Waals surface area contributed by atoms with Crippen LogP contribution in [0.1, 0.15) is 24.4 Å². The lowest BCUT2D eigenvalue weighted by molar-refractivity contribution is -0.122. The first kappa shape index (κ1) is 16.7. The van der Waals surface area contributed by atoms with Crippen LogP contribution in [-0.4, -0.2) is 16.9 Å². The van der Waals surface area contributed by atoms with Gasteiger partial charge in [0, 0.05) is 17.3 Å². The molecule has 0 bridgehead atoms.